The monoisotopic (exact) mass is 473 g/mol. The molecule has 1 saturated heterocycles. The first-order valence-corrected chi connectivity index (χ1v) is 11.6. The van der Waals surface area contributed by atoms with Gasteiger partial charge in [0, 0.05) is 0 Å². The maximum Gasteiger partial charge on any atom is 0.343 e. The number of benzene rings is 3. The highest BCUT2D eigenvalue weighted by molar-refractivity contribution is 8.18. The number of thioether (sulfide) groups is 1. The van der Waals surface area contributed by atoms with Gasteiger partial charge in [-0.2, -0.15) is 0 Å². The van der Waals surface area contributed by atoms with Gasteiger partial charge in [-0.3, -0.25) is 14.5 Å². The Morgan fingerprint density at radius 3 is 2.44 bits per heavy atom. The van der Waals surface area contributed by atoms with Crippen LogP contribution in [0.15, 0.2) is 77.7 Å². The van der Waals surface area contributed by atoms with Crippen molar-refractivity contribution in [3.05, 3.63) is 100.0 Å². The number of rotatable bonds is 7. The number of nitrogens with zero attached hydrogens (tertiary/aromatic N) is 1. The largest absolute Gasteiger partial charge is 0.490 e. The van der Waals surface area contributed by atoms with E-state index in [4.69, 9.17) is 9.47 Å². The zero-order valence-electron chi connectivity index (χ0n) is 18.8. The zero-order valence-corrected chi connectivity index (χ0v) is 19.6. The summed E-state index contributed by atoms with van der Waals surface area (Å²) >= 11 is 0.905. The topological polar surface area (TPSA) is 72.9 Å². The normalized spacial score (nSPS) is 14.5. The third-order valence-electron chi connectivity index (χ3n) is 5.24. The Balaban J connectivity index is 1.54. The second-order valence-electron chi connectivity index (χ2n) is 7.59. The van der Waals surface area contributed by atoms with E-state index in [0.29, 0.717) is 28.4 Å². The molecular formula is C27H23NO5S. The van der Waals surface area contributed by atoms with E-state index in [1.165, 1.54) is 4.90 Å². The van der Waals surface area contributed by atoms with E-state index in [-0.39, 0.29) is 23.4 Å². The minimum absolute atomic E-state index is 0.229. The van der Waals surface area contributed by atoms with Crippen molar-refractivity contribution in [2.24, 2.45) is 0 Å². The van der Waals surface area contributed by atoms with Crippen LogP contribution in [-0.4, -0.2) is 28.6 Å². The number of amides is 2. The molecule has 0 bridgehead atoms. The number of esters is 1. The Morgan fingerprint density at radius 2 is 1.71 bits per heavy atom. The Hall–Kier alpha value is -3.84. The predicted molar refractivity (Wildman–Crippen MR) is 132 cm³/mol. The second-order valence-corrected chi connectivity index (χ2v) is 8.58. The van der Waals surface area contributed by atoms with Gasteiger partial charge in [0.1, 0.15) is 0 Å². The molecule has 0 saturated carbocycles. The van der Waals surface area contributed by atoms with E-state index in [9.17, 15) is 14.4 Å². The fourth-order valence-corrected chi connectivity index (χ4v) is 4.28. The third kappa shape index (κ3) is 5.21. The first kappa shape index (κ1) is 23.3. The van der Waals surface area contributed by atoms with Gasteiger partial charge >= 0.3 is 5.97 Å². The zero-order chi connectivity index (χ0) is 24.1. The predicted octanol–water partition coefficient (Wildman–Crippen LogP) is 5.85. The summed E-state index contributed by atoms with van der Waals surface area (Å²) in [5.41, 5.74) is 3.03. The minimum Gasteiger partial charge on any atom is -0.490 e. The van der Waals surface area contributed by atoms with Gasteiger partial charge in [-0.15, -0.1) is 0 Å². The molecule has 0 aliphatic carbocycles. The van der Waals surface area contributed by atoms with E-state index in [1.54, 1.807) is 48.5 Å². The highest BCUT2D eigenvalue weighted by Gasteiger charge is 2.35. The summed E-state index contributed by atoms with van der Waals surface area (Å²) in [6.45, 7) is 4.37. The number of carbonyl (C=O) groups excluding carboxylic acids is 3. The van der Waals surface area contributed by atoms with Gasteiger partial charge in [-0.25, -0.2) is 4.79 Å². The van der Waals surface area contributed by atoms with Crippen molar-refractivity contribution in [3.8, 4) is 11.5 Å². The van der Waals surface area contributed by atoms with E-state index in [1.807, 2.05) is 44.2 Å². The van der Waals surface area contributed by atoms with Gasteiger partial charge in [0.05, 0.1) is 23.6 Å². The summed E-state index contributed by atoms with van der Waals surface area (Å²) < 4.78 is 11.2. The smallest absolute Gasteiger partial charge is 0.343 e. The molecular weight excluding hydrogens is 450 g/mol. The molecule has 1 aliphatic heterocycles. The van der Waals surface area contributed by atoms with Gasteiger partial charge in [0.2, 0.25) is 0 Å². The van der Waals surface area contributed by atoms with Crippen LogP contribution in [0.4, 0.5) is 4.79 Å². The van der Waals surface area contributed by atoms with E-state index in [2.05, 4.69) is 0 Å². The SMILES string of the molecule is CCOc1cc(/C=C2\SC(=O)N(Cc3ccccc3C)C2=O)ccc1OC(=O)c1ccccc1. The summed E-state index contributed by atoms with van der Waals surface area (Å²) in [5, 5.41) is -0.307. The molecule has 0 N–H and O–H groups in total. The van der Waals surface area contributed by atoms with Crippen molar-refractivity contribution in [1.29, 1.82) is 0 Å². The number of carbonyl (C=O) groups is 3. The minimum atomic E-state index is -0.494. The average molecular weight is 474 g/mol. The molecule has 0 aromatic heterocycles. The van der Waals surface area contributed by atoms with Crippen molar-refractivity contribution < 1.29 is 23.9 Å². The van der Waals surface area contributed by atoms with Gasteiger partial charge < -0.3 is 9.47 Å². The highest BCUT2D eigenvalue weighted by atomic mass is 32.2. The third-order valence-corrected chi connectivity index (χ3v) is 6.15. The Morgan fingerprint density at radius 1 is 0.971 bits per heavy atom. The Kier molecular flexibility index (Phi) is 7.13. The maximum atomic E-state index is 12.9. The summed E-state index contributed by atoms with van der Waals surface area (Å²) in [6.07, 6.45) is 1.65. The Labute approximate surface area is 202 Å². The lowest BCUT2D eigenvalue weighted by molar-refractivity contribution is -0.123. The molecule has 0 spiro atoms. The van der Waals surface area contributed by atoms with Crippen molar-refractivity contribution in [1.82, 2.24) is 4.90 Å². The van der Waals surface area contributed by atoms with Crippen molar-refractivity contribution in [3.63, 3.8) is 0 Å². The van der Waals surface area contributed by atoms with Crippen LogP contribution < -0.4 is 9.47 Å². The molecule has 172 valence electrons. The average Bonchev–Trinajstić information content (AvgIpc) is 3.10. The van der Waals surface area contributed by atoms with Crippen LogP contribution in [0.1, 0.15) is 34.0 Å². The van der Waals surface area contributed by atoms with Crippen molar-refractivity contribution >= 4 is 35.0 Å². The standard InChI is InChI=1S/C27H23NO5S/c1-3-32-23-15-19(13-14-22(23)33-26(30)20-10-5-4-6-11-20)16-24-25(29)28(27(31)34-24)17-21-12-8-7-9-18(21)2/h4-16H,3,17H2,1-2H3/b24-16-. The first-order chi connectivity index (χ1) is 16.5. The number of aryl methyl sites for hydroxylation is 1. The van der Waals surface area contributed by atoms with Crippen LogP contribution in [0.2, 0.25) is 0 Å². The van der Waals surface area contributed by atoms with Gasteiger partial charge in [-0.05, 0) is 72.6 Å². The lowest BCUT2D eigenvalue weighted by Gasteiger charge is -2.14. The summed E-state index contributed by atoms with van der Waals surface area (Å²) in [4.78, 5) is 39.5. The maximum absolute atomic E-state index is 12.9. The molecule has 1 aliphatic rings. The van der Waals surface area contributed by atoms with Crippen LogP contribution in [-0.2, 0) is 11.3 Å². The summed E-state index contributed by atoms with van der Waals surface area (Å²) in [5.74, 6) is -0.178. The van der Waals surface area contributed by atoms with Gasteiger partial charge in [0.25, 0.3) is 11.1 Å². The lowest BCUT2D eigenvalue weighted by atomic mass is 10.1. The fraction of sp³-hybridized carbons (Fsp3) is 0.148. The number of imide groups is 1. The van der Waals surface area contributed by atoms with Crippen LogP contribution in [0.5, 0.6) is 11.5 Å². The number of ether oxygens (including phenoxy) is 2. The molecule has 0 radical (unpaired) electrons. The quantitative estimate of drug-likeness (QED) is 0.244. The van der Waals surface area contributed by atoms with Gasteiger partial charge in [0.15, 0.2) is 11.5 Å². The van der Waals surface area contributed by atoms with Crippen molar-refractivity contribution in [2.75, 3.05) is 6.61 Å². The molecule has 2 amide bonds. The molecule has 3 aromatic rings. The fourth-order valence-electron chi connectivity index (χ4n) is 3.45. The molecule has 1 heterocycles. The molecule has 0 atom stereocenters. The second kappa shape index (κ2) is 10.4. The van der Waals surface area contributed by atoms with Crippen LogP contribution in [0.3, 0.4) is 0 Å². The highest BCUT2D eigenvalue weighted by Crippen LogP contribution is 2.35. The molecule has 4 rings (SSSR count). The van der Waals surface area contributed by atoms with Gasteiger partial charge in [-0.1, -0.05) is 48.5 Å². The van der Waals surface area contributed by atoms with E-state index < -0.39 is 5.97 Å². The van der Waals surface area contributed by atoms with E-state index >= 15 is 0 Å². The molecule has 34 heavy (non-hydrogen) atoms. The summed E-state index contributed by atoms with van der Waals surface area (Å²) in [7, 11) is 0. The number of hydrogen-bond acceptors (Lipinski definition) is 6. The molecule has 1 fully saturated rings. The van der Waals surface area contributed by atoms with Crippen LogP contribution in [0.25, 0.3) is 6.08 Å². The van der Waals surface area contributed by atoms with E-state index in [0.717, 1.165) is 22.9 Å². The van der Waals surface area contributed by atoms with Crippen molar-refractivity contribution in [2.45, 2.75) is 20.4 Å². The molecule has 7 heteroatoms. The van der Waals surface area contributed by atoms with Crippen LogP contribution in [0, 0.1) is 6.92 Å². The summed E-state index contributed by atoms with van der Waals surface area (Å²) in [6, 6.07) is 21.4. The van der Waals surface area contributed by atoms with Crippen LogP contribution >= 0.6 is 11.8 Å². The molecule has 3 aromatic carbocycles. The Bertz CT molecular complexity index is 1270. The first-order valence-electron chi connectivity index (χ1n) is 10.8. The molecule has 0 unspecified atom stereocenters. The lowest BCUT2D eigenvalue weighted by Crippen LogP contribution is -2.27. The molecule has 6 nitrogen and oxygen atoms in total. The number of hydrogen-bond donors (Lipinski definition) is 0.